The molecule has 2 fully saturated rings. The smallest absolute Gasteiger partial charge is 0.306 e. The number of rotatable bonds is 6. The van der Waals surface area contributed by atoms with E-state index in [-0.39, 0.29) is 17.7 Å². The van der Waals surface area contributed by atoms with Crippen LogP contribution >= 0.6 is 0 Å². The van der Waals surface area contributed by atoms with Gasteiger partial charge in [-0.25, -0.2) is 0 Å². The van der Waals surface area contributed by atoms with E-state index in [0.717, 1.165) is 24.2 Å². The first kappa shape index (κ1) is 16.8. The molecule has 130 valence electrons. The minimum Gasteiger partial charge on any atom is -0.490 e. The predicted octanol–water partition coefficient (Wildman–Crippen LogP) is 3.13. The molecule has 1 aromatic rings. The Kier molecular flexibility index (Phi) is 5.38. The van der Waals surface area contributed by atoms with Gasteiger partial charge in [0, 0.05) is 12.5 Å². The van der Waals surface area contributed by atoms with Crippen LogP contribution in [0, 0.1) is 11.8 Å². The zero-order valence-corrected chi connectivity index (χ0v) is 13.9. The molecule has 2 aliphatic carbocycles. The molecule has 5 heteroatoms. The van der Waals surface area contributed by atoms with Crippen molar-refractivity contribution in [1.29, 1.82) is 0 Å². The van der Waals surface area contributed by atoms with Crippen LogP contribution in [-0.4, -0.2) is 23.1 Å². The fourth-order valence-corrected chi connectivity index (χ4v) is 3.66. The van der Waals surface area contributed by atoms with Crippen LogP contribution in [0.25, 0.3) is 0 Å². The number of amides is 1. The topological polar surface area (TPSA) is 75.6 Å². The Morgan fingerprint density at radius 1 is 1.04 bits per heavy atom. The fourth-order valence-electron chi connectivity index (χ4n) is 3.66. The summed E-state index contributed by atoms with van der Waals surface area (Å²) in [6.07, 6.45) is 6.83. The average molecular weight is 331 g/mol. The van der Waals surface area contributed by atoms with E-state index >= 15 is 0 Å². The van der Waals surface area contributed by atoms with Crippen LogP contribution in [0.2, 0.25) is 0 Å². The van der Waals surface area contributed by atoms with E-state index in [1.807, 2.05) is 24.3 Å². The number of hydrogen-bond donors (Lipinski definition) is 2. The van der Waals surface area contributed by atoms with Crippen LogP contribution in [0.3, 0.4) is 0 Å². The third-order valence-corrected chi connectivity index (χ3v) is 5.15. The van der Waals surface area contributed by atoms with Crippen molar-refractivity contribution in [2.45, 2.75) is 57.6 Å². The first-order chi connectivity index (χ1) is 11.6. The van der Waals surface area contributed by atoms with Crippen LogP contribution in [0.15, 0.2) is 24.3 Å². The third-order valence-electron chi connectivity index (χ3n) is 5.15. The van der Waals surface area contributed by atoms with Crippen molar-refractivity contribution in [3.05, 3.63) is 29.8 Å². The molecule has 0 unspecified atom stereocenters. The van der Waals surface area contributed by atoms with Gasteiger partial charge >= 0.3 is 5.97 Å². The monoisotopic (exact) mass is 331 g/mol. The van der Waals surface area contributed by atoms with E-state index in [9.17, 15) is 9.59 Å². The SMILES string of the molecule is O=C(O)[C@@H]1CC[C@H](C(=O)NCc2ccc(OC3CCCC3)cc2)C1. The minimum absolute atomic E-state index is 0.0370. The summed E-state index contributed by atoms with van der Waals surface area (Å²) in [7, 11) is 0. The number of benzene rings is 1. The van der Waals surface area contributed by atoms with Crippen LogP contribution in [0.4, 0.5) is 0 Å². The van der Waals surface area contributed by atoms with Crippen LogP contribution in [0.5, 0.6) is 5.75 Å². The first-order valence-corrected chi connectivity index (χ1v) is 8.88. The minimum atomic E-state index is -0.789. The van der Waals surface area contributed by atoms with E-state index in [1.54, 1.807) is 0 Å². The van der Waals surface area contributed by atoms with Gasteiger partial charge in [0.1, 0.15) is 5.75 Å². The molecule has 0 aliphatic heterocycles. The second-order valence-electron chi connectivity index (χ2n) is 6.93. The van der Waals surface area contributed by atoms with E-state index in [4.69, 9.17) is 9.84 Å². The lowest BCUT2D eigenvalue weighted by Crippen LogP contribution is -2.29. The number of hydrogen-bond acceptors (Lipinski definition) is 3. The summed E-state index contributed by atoms with van der Waals surface area (Å²) in [5, 5.41) is 11.9. The van der Waals surface area contributed by atoms with Gasteiger partial charge in [-0.15, -0.1) is 0 Å². The Labute approximate surface area is 142 Å². The van der Waals surface area contributed by atoms with Crippen molar-refractivity contribution in [2.75, 3.05) is 0 Å². The van der Waals surface area contributed by atoms with E-state index in [1.165, 1.54) is 12.8 Å². The summed E-state index contributed by atoms with van der Waals surface area (Å²) >= 11 is 0. The number of carbonyl (C=O) groups excluding carboxylic acids is 1. The van der Waals surface area contributed by atoms with Gasteiger partial charge in [0.15, 0.2) is 0 Å². The third kappa shape index (κ3) is 4.28. The molecule has 5 nitrogen and oxygen atoms in total. The van der Waals surface area contributed by atoms with Gasteiger partial charge in [-0.1, -0.05) is 12.1 Å². The Hall–Kier alpha value is -2.04. The fraction of sp³-hybridized carbons (Fsp3) is 0.579. The molecule has 0 saturated heterocycles. The summed E-state index contributed by atoms with van der Waals surface area (Å²) in [5.41, 5.74) is 1.02. The average Bonchev–Trinajstić information content (AvgIpc) is 3.25. The number of ether oxygens (including phenoxy) is 1. The van der Waals surface area contributed by atoms with E-state index in [2.05, 4.69) is 5.32 Å². The van der Waals surface area contributed by atoms with Crippen molar-refractivity contribution in [3.63, 3.8) is 0 Å². The number of aliphatic carboxylic acids is 1. The van der Waals surface area contributed by atoms with Crippen molar-refractivity contribution in [3.8, 4) is 5.75 Å². The van der Waals surface area contributed by atoms with E-state index in [0.29, 0.717) is 31.9 Å². The highest BCUT2D eigenvalue weighted by Gasteiger charge is 2.33. The standard InChI is InChI=1S/C19H25NO4/c21-18(14-7-8-15(11-14)19(22)23)20-12-13-5-9-17(10-6-13)24-16-3-1-2-4-16/h5-6,9-10,14-16H,1-4,7-8,11-12H2,(H,20,21)(H,22,23)/t14-,15+/m0/s1. The number of carboxylic acids is 1. The maximum absolute atomic E-state index is 12.2. The summed E-state index contributed by atoms with van der Waals surface area (Å²) in [6, 6.07) is 7.85. The molecule has 0 bridgehead atoms. The van der Waals surface area contributed by atoms with Gasteiger partial charge in [0.2, 0.25) is 5.91 Å². The molecular formula is C19H25NO4. The second-order valence-corrected chi connectivity index (χ2v) is 6.93. The maximum atomic E-state index is 12.2. The molecule has 2 aliphatic rings. The Balaban J connectivity index is 1.44. The molecular weight excluding hydrogens is 306 g/mol. The van der Waals surface area contributed by atoms with Gasteiger partial charge in [-0.05, 0) is 62.6 Å². The molecule has 0 heterocycles. The van der Waals surface area contributed by atoms with E-state index < -0.39 is 5.97 Å². The van der Waals surface area contributed by atoms with Crippen molar-refractivity contribution in [1.82, 2.24) is 5.32 Å². The Morgan fingerprint density at radius 2 is 1.71 bits per heavy atom. The number of nitrogens with one attached hydrogen (secondary N) is 1. The molecule has 2 saturated carbocycles. The quantitative estimate of drug-likeness (QED) is 0.840. The zero-order chi connectivity index (χ0) is 16.9. The highest BCUT2D eigenvalue weighted by atomic mass is 16.5. The summed E-state index contributed by atoms with van der Waals surface area (Å²) in [6.45, 7) is 0.469. The highest BCUT2D eigenvalue weighted by Crippen LogP contribution is 2.31. The van der Waals surface area contributed by atoms with Crippen LogP contribution in [-0.2, 0) is 16.1 Å². The molecule has 0 spiro atoms. The molecule has 2 N–H and O–H groups in total. The van der Waals surface area contributed by atoms with Gasteiger partial charge in [-0.3, -0.25) is 9.59 Å². The van der Waals surface area contributed by atoms with Crippen molar-refractivity contribution in [2.24, 2.45) is 11.8 Å². The van der Waals surface area contributed by atoms with Crippen LogP contribution in [0.1, 0.15) is 50.5 Å². The van der Waals surface area contributed by atoms with Gasteiger partial charge in [-0.2, -0.15) is 0 Å². The molecule has 0 aromatic heterocycles. The highest BCUT2D eigenvalue weighted by molar-refractivity contribution is 5.80. The second kappa shape index (κ2) is 7.69. The summed E-state index contributed by atoms with van der Waals surface area (Å²) in [4.78, 5) is 23.1. The number of carboxylic acid groups (broad SMARTS) is 1. The van der Waals surface area contributed by atoms with Gasteiger partial charge in [0.25, 0.3) is 0 Å². The van der Waals surface area contributed by atoms with Crippen molar-refractivity contribution >= 4 is 11.9 Å². The Bertz CT molecular complexity index is 578. The lowest BCUT2D eigenvalue weighted by molar-refractivity contribution is -0.141. The first-order valence-electron chi connectivity index (χ1n) is 8.88. The largest absolute Gasteiger partial charge is 0.490 e. The normalized spacial score (nSPS) is 24.0. The van der Waals surface area contributed by atoms with Crippen molar-refractivity contribution < 1.29 is 19.4 Å². The lowest BCUT2D eigenvalue weighted by atomic mass is 10.0. The zero-order valence-electron chi connectivity index (χ0n) is 13.9. The summed E-state index contributed by atoms with van der Waals surface area (Å²) < 4.78 is 5.93. The summed E-state index contributed by atoms with van der Waals surface area (Å²) in [5.74, 6) is -0.478. The van der Waals surface area contributed by atoms with Gasteiger partial charge < -0.3 is 15.2 Å². The molecule has 0 radical (unpaired) electrons. The molecule has 3 rings (SSSR count). The molecule has 24 heavy (non-hydrogen) atoms. The molecule has 1 aromatic carbocycles. The Morgan fingerprint density at radius 3 is 2.33 bits per heavy atom. The lowest BCUT2D eigenvalue weighted by Gasteiger charge is -2.14. The predicted molar refractivity (Wildman–Crippen MR) is 89.6 cm³/mol. The molecule has 1 amide bonds. The maximum Gasteiger partial charge on any atom is 0.306 e. The molecule has 2 atom stereocenters. The van der Waals surface area contributed by atoms with Gasteiger partial charge in [0.05, 0.1) is 12.0 Å². The van der Waals surface area contributed by atoms with Crippen LogP contribution < -0.4 is 10.1 Å². The number of carbonyl (C=O) groups is 2.